The van der Waals surface area contributed by atoms with Gasteiger partial charge in [-0.2, -0.15) is 13.2 Å². The Morgan fingerprint density at radius 1 is 1.00 bits per heavy atom. The van der Waals surface area contributed by atoms with Crippen LogP contribution in [0.2, 0.25) is 5.02 Å². The van der Waals surface area contributed by atoms with Gasteiger partial charge in [0.15, 0.2) is 11.5 Å². The lowest BCUT2D eigenvalue weighted by Gasteiger charge is -2.18. The van der Waals surface area contributed by atoms with E-state index in [1.165, 1.54) is 19.2 Å². The van der Waals surface area contributed by atoms with Gasteiger partial charge in [-0.3, -0.25) is 0 Å². The van der Waals surface area contributed by atoms with Gasteiger partial charge in [0.25, 0.3) is 0 Å². The maximum absolute atomic E-state index is 12.7. The first-order chi connectivity index (χ1) is 17.6. The third kappa shape index (κ3) is 8.01. The molecule has 0 aromatic heterocycles. The summed E-state index contributed by atoms with van der Waals surface area (Å²) < 4.78 is 49.2. The van der Waals surface area contributed by atoms with Crippen molar-refractivity contribution in [2.75, 3.05) is 20.3 Å². The molecule has 0 bridgehead atoms. The molecule has 3 aromatic rings. The first-order valence-corrected chi connectivity index (χ1v) is 11.5. The van der Waals surface area contributed by atoms with E-state index in [-0.39, 0.29) is 19.7 Å². The standard InChI is InChI=1S/C26H26ClF3N2O5/c1-36-23-10-18(13-32-25(35)31-12-16-2-6-19(7-3-16)26(28,29)30)22(17-4-8-20(27)9-5-17)11-24(23)37-15-21(34)14-33/h2-11,21,33-34H,12-15H2,1H3,(H2,31,32,35). The first kappa shape index (κ1) is 28.1. The number of alkyl halides is 3. The summed E-state index contributed by atoms with van der Waals surface area (Å²) in [5.74, 6) is 0.681. The predicted molar refractivity (Wildman–Crippen MR) is 133 cm³/mol. The summed E-state index contributed by atoms with van der Waals surface area (Å²) in [5.41, 5.74) is 1.91. The van der Waals surface area contributed by atoms with Crippen molar-refractivity contribution in [1.82, 2.24) is 10.6 Å². The summed E-state index contributed by atoms with van der Waals surface area (Å²) in [6.45, 7) is -0.489. The summed E-state index contributed by atoms with van der Waals surface area (Å²) in [4.78, 5) is 12.4. The fraction of sp³-hybridized carbons (Fsp3) is 0.269. The van der Waals surface area contributed by atoms with Gasteiger partial charge in [0, 0.05) is 18.1 Å². The molecule has 198 valence electrons. The molecule has 2 amide bonds. The molecule has 0 saturated heterocycles. The predicted octanol–water partition coefficient (Wildman–Crippen LogP) is 4.77. The van der Waals surface area contributed by atoms with Gasteiger partial charge >= 0.3 is 12.2 Å². The van der Waals surface area contributed by atoms with Gasteiger partial charge in [0.2, 0.25) is 0 Å². The maximum atomic E-state index is 12.7. The van der Waals surface area contributed by atoms with Gasteiger partial charge in [-0.05, 0) is 58.7 Å². The molecule has 0 spiro atoms. The molecule has 1 unspecified atom stereocenters. The van der Waals surface area contributed by atoms with Crippen LogP contribution in [-0.2, 0) is 19.3 Å². The zero-order chi connectivity index (χ0) is 27.0. The number of carbonyl (C=O) groups is 1. The second kappa shape index (κ2) is 12.7. The minimum absolute atomic E-state index is 0.0390. The Kier molecular flexibility index (Phi) is 9.62. The van der Waals surface area contributed by atoms with Crippen molar-refractivity contribution in [2.24, 2.45) is 0 Å². The van der Waals surface area contributed by atoms with Crippen molar-refractivity contribution in [1.29, 1.82) is 0 Å². The van der Waals surface area contributed by atoms with Crippen LogP contribution in [-0.4, -0.2) is 42.7 Å². The number of carbonyl (C=O) groups excluding carboxylic acids is 1. The average Bonchev–Trinajstić information content (AvgIpc) is 2.89. The highest BCUT2D eigenvalue weighted by molar-refractivity contribution is 6.30. The molecule has 0 aliphatic carbocycles. The lowest BCUT2D eigenvalue weighted by atomic mass is 9.98. The Morgan fingerprint density at radius 3 is 2.24 bits per heavy atom. The monoisotopic (exact) mass is 538 g/mol. The summed E-state index contributed by atoms with van der Waals surface area (Å²) in [6, 6.07) is 14.4. The smallest absolute Gasteiger partial charge is 0.416 e. The molecule has 4 N–H and O–H groups in total. The number of methoxy groups -OCH3 is 1. The molecular weight excluding hydrogens is 513 g/mol. The Morgan fingerprint density at radius 2 is 1.65 bits per heavy atom. The highest BCUT2D eigenvalue weighted by Crippen LogP contribution is 2.36. The van der Waals surface area contributed by atoms with E-state index >= 15 is 0 Å². The number of amides is 2. The maximum Gasteiger partial charge on any atom is 0.416 e. The molecule has 0 aliphatic rings. The molecule has 0 saturated carbocycles. The van der Waals surface area contributed by atoms with E-state index in [2.05, 4.69) is 10.6 Å². The lowest BCUT2D eigenvalue weighted by molar-refractivity contribution is -0.137. The van der Waals surface area contributed by atoms with Gasteiger partial charge in [0.1, 0.15) is 12.7 Å². The number of nitrogens with one attached hydrogen (secondary N) is 2. The van der Waals surface area contributed by atoms with E-state index in [0.717, 1.165) is 17.7 Å². The van der Waals surface area contributed by atoms with Crippen LogP contribution in [0.25, 0.3) is 11.1 Å². The van der Waals surface area contributed by atoms with Crippen molar-refractivity contribution in [3.63, 3.8) is 0 Å². The fourth-order valence-electron chi connectivity index (χ4n) is 3.39. The SMILES string of the molecule is COc1cc(CNC(=O)NCc2ccc(C(F)(F)F)cc2)c(-c2ccc(Cl)cc2)cc1OCC(O)CO. The number of urea groups is 1. The lowest BCUT2D eigenvalue weighted by Crippen LogP contribution is -2.34. The molecule has 3 aromatic carbocycles. The Labute approximate surface area is 216 Å². The minimum atomic E-state index is -4.43. The van der Waals surface area contributed by atoms with Gasteiger partial charge in [-0.25, -0.2) is 4.79 Å². The number of aliphatic hydroxyl groups excluding tert-OH is 2. The second-order valence-corrected chi connectivity index (χ2v) is 8.48. The largest absolute Gasteiger partial charge is 0.493 e. The molecule has 3 rings (SSSR count). The highest BCUT2D eigenvalue weighted by Gasteiger charge is 2.29. The van der Waals surface area contributed by atoms with E-state index < -0.39 is 30.5 Å². The summed E-state index contributed by atoms with van der Waals surface area (Å²) in [7, 11) is 1.45. The normalized spacial score (nSPS) is 12.1. The number of halogens is 4. The Bertz CT molecular complexity index is 1190. The minimum Gasteiger partial charge on any atom is -0.493 e. The molecule has 0 heterocycles. The molecule has 0 fully saturated rings. The van der Waals surface area contributed by atoms with Crippen LogP contribution in [0.3, 0.4) is 0 Å². The first-order valence-electron chi connectivity index (χ1n) is 11.2. The third-order valence-electron chi connectivity index (χ3n) is 5.36. The van der Waals surface area contributed by atoms with Crippen LogP contribution in [0.15, 0.2) is 60.7 Å². The van der Waals surface area contributed by atoms with E-state index in [0.29, 0.717) is 33.2 Å². The third-order valence-corrected chi connectivity index (χ3v) is 5.61. The summed E-state index contributed by atoms with van der Waals surface area (Å²) >= 11 is 6.02. The number of hydrogen-bond acceptors (Lipinski definition) is 5. The molecule has 1 atom stereocenters. The van der Waals surface area contributed by atoms with Crippen LogP contribution in [0.1, 0.15) is 16.7 Å². The van der Waals surface area contributed by atoms with Crippen molar-refractivity contribution in [3.05, 3.63) is 82.4 Å². The van der Waals surface area contributed by atoms with E-state index in [9.17, 15) is 23.1 Å². The second-order valence-electron chi connectivity index (χ2n) is 8.05. The summed E-state index contributed by atoms with van der Waals surface area (Å²) in [6.07, 6.45) is -5.50. The zero-order valence-electron chi connectivity index (χ0n) is 19.8. The van der Waals surface area contributed by atoms with Crippen molar-refractivity contribution < 1.29 is 37.7 Å². The number of ether oxygens (including phenoxy) is 2. The zero-order valence-corrected chi connectivity index (χ0v) is 20.6. The van der Waals surface area contributed by atoms with E-state index in [1.807, 2.05) is 0 Å². The van der Waals surface area contributed by atoms with Crippen LogP contribution in [0.5, 0.6) is 11.5 Å². The van der Waals surface area contributed by atoms with Crippen LogP contribution in [0.4, 0.5) is 18.0 Å². The van der Waals surface area contributed by atoms with Crippen LogP contribution < -0.4 is 20.1 Å². The molecular formula is C26H26ClF3N2O5. The molecule has 0 radical (unpaired) electrons. The number of aliphatic hydroxyl groups is 2. The van der Waals surface area contributed by atoms with Crippen molar-refractivity contribution >= 4 is 17.6 Å². The van der Waals surface area contributed by atoms with Crippen LogP contribution >= 0.6 is 11.6 Å². The fourth-order valence-corrected chi connectivity index (χ4v) is 3.52. The topological polar surface area (TPSA) is 100 Å². The molecule has 11 heteroatoms. The average molecular weight is 539 g/mol. The van der Waals surface area contributed by atoms with Gasteiger partial charge in [-0.15, -0.1) is 0 Å². The quantitative estimate of drug-likeness (QED) is 0.298. The number of benzene rings is 3. The van der Waals surface area contributed by atoms with Crippen molar-refractivity contribution in [2.45, 2.75) is 25.4 Å². The van der Waals surface area contributed by atoms with E-state index in [1.54, 1.807) is 36.4 Å². The molecule has 37 heavy (non-hydrogen) atoms. The highest BCUT2D eigenvalue weighted by atomic mass is 35.5. The van der Waals surface area contributed by atoms with Crippen LogP contribution in [0, 0.1) is 0 Å². The van der Waals surface area contributed by atoms with Gasteiger partial charge in [0.05, 0.1) is 19.3 Å². The number of rotatable bonds is 10. The van der Waals surface area contributed by atoms with Crippen molar-refractivity contribution in [3.8, 4) is 22.6 Å². The molecule has 7 nitrogen and oxygen atoms in total. The Balaban J connectivity index is 1.74. The number of hydrogen-bond donors (Lipinski definition) is 4. The van der Waals surface area contributed by atoms with Gasteiger partial charge < -0.3 is 30.3 Å². The van der Waals surface area contributed by atoms with Gasteiger partial charge in [-0.1, -0.05) is 35.9 Å². The summed E-state index contributed by atoms with van der Waals surface area (Å²) in [5, 5.41) is 24.6. The molecule has 0 aliphatic heterocycles. The Hall–Kier alpha value is -3.47. The van der Waals surface area contributed by atoms with E-state index in [4.69, 9.17) is 26.2 Å².